The maximum Gasteiger partial charge on any atom is 0.212 e. The fourth-order valence-corrected chi connectivity index (χ4v) is 4.10. The van der Waals surface area contributed by atoms with Gasteiger partial charge in [-0.1, -0.05) is 13.8 Å². The maximum absolute atomic E-state index is 11.9. The summed E-state index contributed by atoms with van der Waals surface area (Å²) in [4.78, 5) is 4.42. The lowest BCUT2D eigenvalue weighted by Crippen LogP contribution is -2.42. The number of sulfonamides is 1. The van der Waals surface area contributed by atoms with Crippen LogP contribution in [0.3, 0.4) is 0 Å². The van der Waals surface area contributed by atoms with Crippen LogP contribution in [0.15, 0.2) is 6.20 Å². The lowest BCUT2D eigenvalue weighted by molar-refractivity contribution is 0.419. The molecule has 0 aromatic carbocycles. The number of hydrogen-bond donors (Lipinski definition) is 1. The maximum atomic E-state index is 11.9. The molecule has 2 rings (SSSR count). The van der Waals surface area contributed by atoms with Gasteiger partial charge in [0.1, 0.15) is 5.82 Å². The van der Waals surface area contributed by atoms with Crippen molar-refractivity contribution in [3.8, 4) is 0 Å². The zero-order valence-electron chi connectivity index (χ0n) is 11.2. The van der Waals surface area contributed by atoms with Crippen molar-refractivity contribution in [3.63, 3.8) is 0 Å². The number of aryl methyl sites for hydroxylation is 2. The third-order valence-corrected chi connectivity index (χ3v) is 4.81. The number of nitrogens with one attached hydrogen (secondary N) is 1. The zero-order valence-corrected chi connectivity index (χ0v) is 12.0. The van der Waals surface area contributed by atoms with Crippen LogP contribution in [-0.4, -0.2) is 29.8 Å². The van der Waals surface area contributed by atoms with Gasteiger partial charge in [-0.15, -0.1) is 0 Å². The molecule has 0 fully saturated rings. The Morgan fingerprint density at radius 2 is 2.28 bits per heavy atom. The van der Waals surface area contributed by atoms with Crippen LogP contribution in [0, 0.1) is 12.8 Å². The third kappa shape index (κ3) is 3.32. The van der Waals surface area contributed by atoms with Gasteiger partial charge in [-0.25, -0.2) is 18.1 Å². The summed E-state index contributed by atoms with van der Waals surface area (Å²) >= 11 is 0. The molecule has 0 amide bonds. The van der Waals surface area contributed by atoms with Crippen LogP contribution in [-0.2, 0) is 23.0 Å². The first-order valence-corrected chi connectivity index (χ1v) is 8.03. The van der Waals surface area contributed by atoms with Gasteiger partial charge in [0.2, 0.25) is 10.0 Å². The van der Waals surface area contributed by atoms with E-state index in [4.69, 9.17) is 0 Å². The molecule has 0 saturated heterocycles. The highest BCUT2D eigenvalue weighted by atomic mass is 32.2. The van der Waals surface area contributed by atoms with Crippen molar-refractivity contribution in [2.24, 2.45) is 5.92 Å². The molecular weight excluding hydrogens is 250 g/mol. The monoisotopic (exact) mass is 271 g/mol. The van der Waals surface area contributed by atoms with Crippen molar-refractivity contribution in [1.29, 1.82) is 0 Å². The molecule has 1 aliphatic heterocycles. The minimum absolute atomic E-state index is 0.00477. The molecule has 1 N–H and O–H groups in total. The Morgan fingerprint density at radius 3 is 2.94 bits per heavy atom. The van der Waals surface area contributed by atoms with E-state index in [1.165, 1.54) is 0 Å². The van der Waals surface area contributed by atoms with Gasteiger partial charge in [-0.2, -0.15) is 0 Å². The molecule has 1 atom stereocenters. The fourth-order valence-electron chi connectivity index (χ4n) is 2.42. The van der Waals surface area contributed by atoms with E-state index in [0.29, 0.717) is 6.54 Å². The first-order chi connectivity index (χ1) is 8.35. The molecule has 0 spiro atoms. The van der Waals surface area contributed by atoms with E-state index in [1.54, 1.807) is 0 Å². The summed E-state index contributed by atoms with van der Waals surface area (Å²) in [5.74, 6) is 1.41. The number of imidazole rings is 1. The van der Waals surface area contributed by atoms with Gasteiger partial charge in [0.05, 0.1) is 11.4 Å². The Balaban J connectivity index is 2.01. The molecular formula is C12H21N3O2S. The SMILES string of the molecule is Cc1cn2c(n1)CC[C@H](NS(=O)(=O)CC(C)C)C2. The van der Waals surface area contributed by atoms with Crippen LogP contribution in [0.2, 0.25) is 0 Å². The second-order valence-electron chi connectivity index (χ2n) is 5.48. The molecule has 102 valence electrons. The van der Waals surface area contributed by atoms with Crippen LogP contribution in [0.25, 0.3) is 0 Å². The summed E-state index contributed by atoms with van der Waals surface area (Å²) in [6, 6.07) is -0.00477. The minimum Gasteiger partial charge on any atom is -0.333 e. The van der Waals surface area contributed by atoms with E-state index < -0.39 is 10.0 Å². The lowest BCUT2D eigenvalue weighted by Gasteiger charge is -2.24. The summed E-state index contributed by atoms with van der Waals surface area (Å²) in [7, 11) is -3.16. The highest BCUT2D eigenvalue weighted by molar-refractivity contribution is 7.89. The molecule has 5 nitrogen and oxygen atoms in total. The molecule has 0 saturated carbocycles. The number of aromatic nitrogens is 2. The molecule has 0 bridgehead atoms. The topological polar surface area (TPSA) is 64.0 Å². The van der Waals surface area contributed by atoms with Crippen molar-refractivity contribution in [3.05, 3.63) is 17.7 Å². The van der Waals surface area contributed by atoms with Crippen molar-refractivity contribution in [2.45, 2.75) is 46.2 Å². The average molecular weight is 271 g/mol. The standard InChI is InChI=1S/C12H21N3O2S/c1-9(2)8-18(16,17)14-11-4-5-12-13-10(3)6-15(12)7-11/h6,9,11,14H,4-5,7-8H2,1-3H3/t11-/m0/s1. The third-order valence-electron chi connectivity index (χ3n) is 3.01. The predicted molar refractivity (Wildman–Crippen MR) is 70.8 cm³/mol. The van der Waals surface area contributed by atoms with Crippen LogP contribution in [0.4, 0.5) is 0 Å². The Labute approximate surface area is 109 Å². The Bertz CT molecular complexity index is 519. The highest BCUT2D eigenvalue weighted by Crippen LogP contribution is 2.16. The van der Waals surface area contributed by atoms with Crippen LogP contribution in [0.1, 0.15) is 31.8 Å². The number of rotatable bonds is 4. The second-order valence-corrected chi connectivity index (χ2v) is 7.28. The van der Waals surface area contributed by atoms with E-state index in [2.05, 4.69) is 14.3 Å². The molecule has 0 aliphatic carbocycles. The van der Waals surface area contributed by atoms with Gasteiger partial charge >= 0.3 is 0 Å². The van der Waals surface area contributed by atoms with Gasteiger partial charge in [-0.3, -0.25) is 0 Å². The van der Waals surface area contributed by atoms with Gasteiger partial charge in [0, 0.05) is 25.2 Å². The largest absolute Gasteiger partial charge is 0.333 e. The number of hydrogen-bond acceptors (Lipinski definition) is 3. The van der Waals surface area contributed by atoms with E-state index in [0.717, 1.165) is 24.4 Å². The Kier molecular flexibility index (Phi) is 3.77. The van der Waals surface area contributed by atoms with Crippen molar-refractivity contribution >= 4 is 10.0 Å². The molecule has 1 aliphatic rings. The summed E-state index contributed by atoms with van der Waals surface area (Å²) in [6.45, 7) is 6.48. The molecule has 0 radical (unpaired) electrons. The van der Waals surface area contributed by atoms with Gasteiger partial charge in [0.15, 0.2) is 0 Å². The van der Waals surface area contributed by atoms with Crippen molar-refractivity contribution in [1.82, 2.24) is 14.3 Å². The molecule has 1 aromatic heterocycles. The molecule has 6 heteroatoms. The van der Waals surface area contributed by atoms with Gasteiger partial charge < -0.3 is 4.57 Å². The number of fused-ring (bicyclic) bond motifs is 1. The first kappa shape index (κ1) is 13.5. The molecule has 2 heterocycles. The van der Waals surface area contributed by atoms with Crippen molar-refractivity contribution < 1.29 is 8.42 Å². The van der Waals surface area contributed by atoms with Crippen LogP contribution >= 0.6 is 0 Å². The highest BCUT2D eigenvalue weighted by Gasteiger charge is 2.24. The van der Waals surface area contributed by atoms with Crippen LogP contribution in [0.5, 0.6) is 0 Å². The summed E-state index contributed by atoms with van der Waals surface area (Å²) in [5.41, 5.74) is 0.996. The second kappa shape index (κ2) is 5.01. The summed E-state index contributed by atoms with van der Waals surface area (Å²) in [5, 5.41) is 0. The minimum atomic E-state index is -3.16. The lowest BCUT2D eigenvalue weighted by atomic mass is 10.1. The van der Waals surface area contributed by atoms with E-state index in [9.17, 15) is 8.42 Å². The smallest absolute Gasteiger partial charge is 0.212 e. The number of nitrogens with zero attached hydrogens (tertiary/aromatic N) is 2. The summed E-state index contributed by atoms with van der Waals surface area (Å²) in [6.07, 6.45) is 3.65. The quantitative estimate of drug-likeness (QED) is 0.891. The van der Waals surface area contributed by atoms with Crippen molar-refractivity contribution in [2.75, 3.05) is 5.75 Å². The predicted octanol–water partition coefficient (Wildman–Crippen LogP) is 1.08. The van der Waals surface area contributed by atoms with E-state index in [-0.39, 0.29) is 17.7 Å². The zero-order chi connectivity index (χ0) is 13.3. The Hall–Kier alpha value is -0.880. The molecule has 1 aromatic rings. The normalized spacial score (nSPS) is 20.1. The average Bonchev–Trinajstić information content (AvgIpc) is 2.54. The van der Waals surface area contributed by atoms with Gasteiger partial charge in [-0.05, 0) is 19.3 Å². The first-order valence-electron chi connectivity index (χ1n) is 6.38. The van der Waals surface area contributed by atoms with E-state index >= 15 is 0 Å². The Morgan fingerprint density at radius 1 is 1.56 bits per heavy atom. The molecule has 18 heavy (non-hydrogen) atoms. The van der Waals surface area contributed by atoms with Gasteiger partial charge in [0.25, 0.3) is 0 Å². The fraction of sp³-hybridized carbons (Fsp3) is 0.750. The van der Waals surface area contributed by atoms with Crippen LogP contribution < -0.4 is 4.72 Å². The summed E-state index contributed by atoms with van der Waals surface area (Å²) < 4.78 is 28.6. The molecule has 0 unspecified atom stereocenters. The van der Waals surface area contributed by atoms with E-state index in [1.807, 2.05) is 27.0 Å².